The van der Waals surface area contributed by atoms with E-state index in [4.69, 9.17) is 25.8 Å². The Balaban J connectivity index is -0.0000000509. The quantitative estimate of drug-likeness (QED) is 0.0481. The van der Waals surface area contributed by atoms with Crippen LogP contribution in [0.15, 0.2) is 48.4 Å². The fourth-order valence-corrected chi connectivity index (χ4v) is 1.51. The summed E-state index contributed by atoms with van der Waals surface area (Å²) in [6, 6.07) is 0. The molecule has 0 radical (unpaired) electrons. The van der Waals surface area contributed by atoms with Gasteiger partial charge in [-0.1, -0.05) is 92.3 Å². The van der Waals surface area contributed by atoms with Gasteiger partial charge in [-0.15, -0.1) is 22.0 Å². The normalized spacial score (nSPS) is 11.0. The highest BCUT2D eigenvalue weighted by atomic mass is 31.0. The van der Waals surface area contributed by atoms with E-state index >= 15 is 0 Å². The number of hydrogen-bond donors (Lipinski definition) is 7. The van der Waals surface area contributed by atoms with Crippen LogP contribution < -0.4 is 22.7 Å². The van der Waals surface area contributed by atoms with E-state index in [1.54, 1.807) is 13.8 Å². The Kier molecular flexibility index (Phi) is 108. The fourth-order valence-electron chi connectivity index (χ4n) is 1.51. The monoisotopic (exact) mass is 655 g/mol. The van der Waals surface area contributed by atoms with Crippen LogP contribution in [0.2, 0.25) is 0 Å². The molecule has 2 unspecified atom stereocenters. The number of allylic oxidation sites excluding steroid dienone is 3. The second-order valence-corrected chi connectivity index (χ2v) is 8.77. The third kappa shape index (κ3) is 105. The van der Waals surface area contributed by atoms with Crippen molar-refractivity contribution in [1.29, 1.82) is 0 Å². The molecule has 272 valence electrons. The molecule has 2 atom stereocenters. The van der Waals surface area contributed by atoms with Crippen molar-refractivity contribution in [3.8, 4) is 0 Å². The number of hydrogen-bond acceptors (Lipinski definition) is 8. The summed E-state index contributed by atoms with van der Waals surface area (Å²) in [6.07, 6.45) is 15.3. The van der Waals surface area contributed by atoms with E-state index < -0.39 is 0 Å². The van der Waals surface area contributed by atoms with E-state index in [0.717, 1.165) is 42.5 Å². The summed E-state index contributed by atoms with van der Waals surface area (Å²) < 4.78 is 5.69. The Morgan fingerprint density at radius 3 is 1.36 bits per heavy atom. The number of nitrogens with two attached hydrogens (primary N) is 3. The molecule has 0 spiro atoms. The SMILES string of the molecule is C/C=C(\C)CO.C/C=C(\N)CC.C=C.C=P.CC.CCC(C)O.CCC(CC)OC/C(C)=C/NCC(C)O.CCCC.NN. The molecule has 0 aromatic rings. The van der Waals surface area contributed by atoms with Gasteiger partial charge in [0.25, 0.3) is 0 Å². The zero-order valence-corrected chi connectivity index (χ0v) is 32.9. The first-order chi connectivity index (χ1) is 20.9. The third-order valence-corrected chi connectivity index (χ3v) is 4.83. The minimum atomic E-state index is -0.311. The van der Waals surface area contributed by atoms with E-state index in [2.05, 4.69) is 73.0 Å². The van der Waals surface area contributed by atoms with Crippen LogP contribution in [-0.4, -0.2) is 59.7 Å². The van der Waals surface area contributed by atoms with Gasteiger partial charge in [-0.05, 0) is 79.0 Å². The molecule has 0 rings (SSSR count). The number of aliphatic hydroxyl groups excluding tert-OH is 3. The Bertz CT molecular complexity index is 505. The van der Waals surface area contributed by atoms with Crippen molar-refractivity contribution in [2.75, 3.05) is 19.8 Å². The molecule has 0 fully saturated rings. The predicted octanol–water partition coefficient (Wildman–Crippen LogP) is 8.06. The molecule has 0 saturated heterocycles. The zero-order valence-electron chi connectivity index (χ0n) is 31.9. The van der Waals surface area contributed by atoms with Gasteiger partial charge >= 0.3 is 0 Å². The third-order valence-electron chi connectivity index (χ3n) is 4.83. The maximum absolute atomic E-state index is 9.04. The molecule has 8 nitrogen and oxygen atoms in total. The van der Waals surface area contributed by atoms with Crippen molar-refractivity contribution < 1.29 is 20.1 Å². The number of ether oxygens (including phenoxy) is 1. The average Bonchev–Trinajstić information content (AvgIpc) is 3.08. The number of rotatable bonds is 12. The van der Waals surface area contributed by atoms with Crippen molar-refractivity contribution >= 4 is 15.2 Å². The summed E-state index contributed by atoms with van der Waals surface area (Å²) >= 11 is 0. The van der Waals surface area contributed by atoms with Crippen molar-refractivity contribution in [2.24, 2.45) is 17.4 Å². The van der Waals surface area contributed by atoms with Gasteiger partial charge in [-0.3, -0.25) is 11.7 Å². The lowest BCUT2D eigenvalue weighted by atomic mass is 10.2. The number of nitrogens with one attached hydrogen (secondary N) is 1. The van der Waals surface area contributed by atoms with E-state index in [0.29, 0.717) is 19.3 Å². The van der Waals surface area contributed by atoms with Crippen LogP contribution in [0.1, 0.15) is 135 Å². The first-order valence-corrected chi connectivity index (χ1v) is 16.8. The molecule has 0 aliphatic heterocycles. The molecule has 44 heavy (non-hydrogen) atoms. The van der Waals surface area contributed by atoms with Gasteiger partial charge in [-0.25, -0.2) is 0 Å². The minimum Gasteiger partial charge on any atom is -0.402 e. The van der Waals surface area contributed by atoms with Crippen molar-refractivity contribution in [1.82, 2.24) is 5.32 Å². The molecule has 9 heteroatoms. The second kappa shape index (κ2) is 73.2. The van der Waals surface area contributed by atoms with Gasteiger partial charge in [0.15, 0.2) is 0 Å². The maximum atomic E-state index is 9.04. The van der Waals surface area contributed by atoms with Crippen LogP contribution in [0.4, 0.5) is 0 Å². The van der Waals surface area contributed by atoms with Crippen LogP contribution in [-0.2, 0) is 4.74 Å². The number of aliphatic hydroxyl groups is 3. The Hall–Kier alpha value is -1.51. The number of unbranched alkanes of at least 4 members (excludes halogenated alkanes) is 1. The summed E-state index contributed by atoms with van der Waals surface area (Å²) in [5, 5.41) is 28.7. The van der Waals surface area contributed by atoms with E-state index in [9.17, 15) is 0 Å². The molecule has 0 amide bonds. The Morgan fingerprint density at radius 1 is 0.818 bits per heavy atom. The molecule has 0 aliphatic rings. The van der Waals surface area contributed by atoms with Gasteiger partial charge in [0, 0.05) is 12.2 Å². The first-order valence-electron chi connectivity index (χ1n) is 16.1. The molecule has 10 N–H and O–H groups in total. The summed E-state index contributed by atoms with van der Waals surface area (Å²) in [5.74, 6) is 8.00. The second-order valence-electron chi connectivity index (χ2n) is 8.77. The van der Waals surface area contributed by atoms with Gasteiger partial charge in [0.2, 0.25) is 0 Å². The molecule has 0 aromatic carbocycles. The Labute approximate surface area is 279 Å². The van der Waals surface area contributed by atoms with E-state index in [1.165, 1.54) is 12.8 Å². The van der Waals surface area contributed by atoms with Crippen LogP contribution in [0.25, 0.3) is 0 Å². The van der Waals surface area contributed by atoms with Gasteiger partial charge in [0.1, 0.15) is 0 Å². The fraction of sp³-hybridized carbons (Fsp3) is 0.743. The highest BCUT2D eigenvalue weighted by Crippen LogP contribution is 2.04. The van der Waals surface area contributed by atoms with Gasteiger partial charge < -0.3 is 31.1 Å². The van der Waals surface area contributed by atoms with E-state index in [-0.39, 0.29) is 18.8 Å². The lowest BCUT2D eigenvalue weighted by Gasteiger charge is -2.14. The van der Waals surface area contributed by atoms with Crippen molar-refractivity contribution in [3.63, 3.8) is 0 Å². The minimum absolute atomic E-state index is 0.116. The summed E-state index contributed by atoms with van der Waals surface area (Å²) in [5.41, 5.74) is 8.48. The lowest BCUT2D eigenvalue weighted by Crippen LogP contribution is -2.20. The van der Waals surface area contributed by atoms with Crippen molar-refractivity contribution in [2.45, 2.75) is 154 Å². The largest absolute Gasteiger partial charge is 0.402 e. The highest BCUT2D eigenvalue weighted by molar-refractivity contribution is 7.15. The highest BCUT2D eigenvalue weighted by Gasteiger charge is 2.02. The topological polar surface area (TPSA) is 160 Å². The summed E-state index contributed by atoms with van der Waals surface area (Å²) in [7, 11) is 2.72. The van der Waals surface area contributed by atoms with Crippen LogP contribution >= 0.6 is 8.86 Å². The molecule has 0 heterocycles. The van der Waals surface area contributed by atoms with E-state index in [1.807, 2.05) is 73.7 Å². The molecular formula is C35H83N4O4P. The number of hydrazine groups is 1. The summed E-state index contributed by atoms with van der Waals surface area (Å²) in [6.45, 7) is 35.4. The molecule has 0 aliphatic carbocycles. The molecule has 0 bridgehead atoms. The molecule has 0 saturated carbocycles. The molecular weight excluding hydrogens is 571 g/mol. The maximum Gasteiger partial charge on any atom is 0.0694 e. The first kappa shape index (κ1) is 65.2. The Morgan fingerprint density at radius 2 is 1.20 bits per heavy atom. The van der Waals surface area contributed by atoms with Gasteiger partial charge in [0.05, 0.1) is 31.5 Å². The van der Waals surface area contributed by atoms with Crippen molar-refractivity contribution in [3.05, 3.63) is 48.4 Å². The predicted molar refractivity (Wildman–Crippen MR) is 207 cm³/mol. The van der Waals surface area contributed by atoms with Crippen LogP contribution in [0.5, 0.6) is 0 Å². The average molecular weight is 655 g/mol. The smallest absolute Gasteiger partial charge is 0.0694 e. The lowest BCUT2D eigenvalue weighted by molar-refractivity contribution is 0.0641. The molecule has 0 aromatic heterocycles. The standard InChI is InChI=1S/C12H25NO2.C5H11N.C5H10O.C4H10O.C4H10.C2H6.C2H4.CH3P.H4N2/c1-5-12(6-2)15-9-10(3)7-13-8-11(4)14;1-3-5(6)4-2;1-3-5(2)4-6;1-3-4(2)5;1-3-4-2;4*1-2/h7,11-14H,5-6,8-9H2,1-4H3;3H,4,6H2,1-2H3;3,6H,4H2,1-2H3;4-5H,3H2,1-2H3;3-4H2,1-2H3;1-2H3;1-2H2;2H,1H2;1-2H2/b10-7+;5-3-;5-3+;;;;;;. The van der Waals surface area contributed by atoms with Crippen LogP contribution in [0, 0.1) is 0 Å². The van der Waals surface area contributed by atoms with Gasteiger partial charge in [-0.2, -0.15) is 0 Å². The summed E-state index contributed by atoms with van der Waals surface area (Å²) in [4.78, 5) is 0. The van der Waals surface area contributed by atoms with Crippen LogP contribution in [0.3, 0.4) is 0 Å². The zero-order chi connectivity index (χ0) is 37.4.